The fourth-order valence-corrected chi connectivity index (χ4v) is 5.24. The first-order valence-corrected chi connectivity index (χ1v) is 10.5. The SMILES string of the molecule is C#CCNC(=O)c1cc(C2CC2)nc2c1c(C)nn2[C@@H]1CCS(=O)(=O)C1. The predicted octanol–water partition coefficient (Wildman–Crippen LogP) is 1.34. The highest BCUT2D eigenvalue weighted by molar-refractivity contribution is 7.91. The molecule has 1 aliphatic heterocycles. The van der Waals surface area contributed by atoms with Crippen LogP contribution in [0.2, 0.25) is 0 Å². The molecule has 0 bridgehead atoms. The Kier molecular flexibility index (Phi) is 3.99. The van der Waals surface area contributed by atoms with E-state index < -0.39 is 9.84 Å². The highest BCUT2D eigenvalue weighted by Gasteiger charge is 2.33. The van der Waals surface area contributed by atoms with Gasteiger partial charge in [0, 0.05) is 11.6 Å². The van der Waals surface area contributed by atoms with Crippen molar-refractivity contribution in [2.24, 2.45) is 0 Å². The van der Waals surface area contributed by atoms with Crippen LogP contribution in [0.15, 0.2) is 6.07 Å². The van der Waals surface area contributed by atoms with Crippen molar-refractivity contribution in [3.05, 3.63) is 23.0 Å². The van der Waals surface area contributed by atoms with E-state index in [4.69, 9.17) is 11.4 Å². The van der Waals surface area contributed by atoms with Gasteiger partial charge in [-0.2, -0.15) is 5.10 Å². The number of terminal acetylenes is 1. The third kappa shape index (κ3) is 2.97. The molecule has 1 saturated heterocycles. The Labute approximate surface area is 152 Å². The van der Waals surface area contributed by atoms with Crippen LogP contribution in [-0.4, -0.2) is 47.1 Å². The number of carbonyl (C=O) groups is 1. The van der Waals surface area contributed by atoms with Gasteiger partial charge in [-0.25, -0.2) is 18.1 Å². The Morgan fingerprint density at radius 2 is 2.19 bits per heavy atom. The molecule has 2 aromatic rings. The summed E-state index contributed by atoms with van der Waals surface area (Å²) in [5, 5.41) is 7.94. The molecule has 0 spiro atoms. The molecule has 3 heterocycles. The second-order valence-corrected chi connectivity index (χ2v) is 9.27. The summed E-state index contributed by atoms with van der Waals surface area (Å²) in [4.78, 5) is 17.4. The largest absolute Gasteiger partial charge is 0.341 e. The van der Waals surface area contributed by atoms with Crippen LogP contribution in [0.5, 0.6) is 0 Å². The van der Waals surface area contributed by atoms with Crippen LogP contribution in [0.3, 0.4) is 0 Å². The van der Waals surface area contributed by atoms with E-state index in [1.54, 1.807) is 4.68 Å². The fraction of sp³-hybridized carbons (Fsp3) is 0.500. The molecule has 1 atom stereocenters. The number of hydrogen-bond acceptors (Lipinski definition) is 5. The summed E-state index contributed by atoms with van der Waals surface area (Å²) in [6.45, 7) is 1.97. The maximum absolute atomic E-state index is 12.6. The van der Waals surface area contributed by atoms with Crippen LogP contribution in [-0.2, 0) is 9.84 Å². The van der Waals surface area contributed by atoms with Crippen LogP contribution < -0.4 is 5.32 Å². The van der Waals surface area contributed by atoms with Crippen LogP contribution in [0.25, 0.3) is 11.0 Å². The number of pyridine rings is 1. The third-order valence-corrected chi connectivity index (χ3v) is 6.75. The zero-order chi connectivity index (χ0) is 18.5. The van der Waals surface area contributed by atoms with Gasteiger partial charge in [0.2, 0.25) is 0 Å². The lowest BCUT2D eigenvalue weighted by Crippen LogP contribution is -2.24. The van der Waals surface area contributed by atoms with Gasteiger partial charge >= 0.3 is 0 Å². The van der Waals surface area contributed by atoms with E-state index >= 15 is 0 Å². The summed E-state index contributed by atoms with van der Waals surface area (Å²) in [7, 11) is -3.05. The molecular formula is C18H20N4O3S. The van der Waals surface area contributed by atoms with Gasteiger partial charge in [-0.15, -0.1) is 6.42 Å². The van der Waals surface area contributed by atoms with Gasteiger partial charge < -0.3 is 5.32 Å². The lowest BCUT2D eigenvalue weighted by atomic mass is 10.1. The van der Waals surface area contributed by atoms with Gasteiger partial charge in [0.15, 0.2) is 15.5 Å². The Bertz CT molecular complexity index is 1040. The monoisotopic (exact) mass is 372 g/mol. The van der Waals surface area contributed by atoms with Crippen LogP contribution in [0, 0.1) is 19.3 Å². The molecule has 136 valence electrons. The zero-order valence-electron chi connectivity index (χ0n) is 14.5. The first kappa shape index (κ1) is 17.0. The Morgan fingerprint density at radius 1 is 1.42 bits per heavy atom. The number of rotatable bonds is 4. The Hall–Kier alpha value is -2.40. The first-order chi connectivity index (χ1) is 12.4. The molecule has 1 amide bonds. The van der Waals surface area contributed by atoms with Gasteiger partial charge in [0.05, 0.1) is 40.7 Å². The summed E-state index contributed by atoms with van der Waals surface area (Å²) in [5.41, 5.74) is 2.65. The number of nitrogens with zero attached hydrogens (tertiary/aromatic N) is 3. The normalized spacial score (nSPS) is 21.6. The van der Waals surface area contributed by atoms with Gasteiger partial charge in [-0.1, -0.05) is 5.92 Å². The molecule has 0 aromatic carbocycles. The topological polar surface area (TPSA) is 93.9 Å². The van der Waals surface area contributed by atoms with E-state index in [0.29, 0.717) is 34.6 Å². The molecule has 0 unspecified atom stereocenters. The number of amides is 1. The van der Waals surface area contributed by atoms with E-state index in [1.807, 2.05) is 13.0 Å². The number of sulfone groups is 1. The summed E-state index contributed by atoms with van der Waals surface area (Å²) < 4.78 is 25.5. The second-order valence-electron chi connectivity index (χ2n) is 7.04. The smallest absolute Gasteiger partial charge is 0.252 e. The number of hydrogen-bond donors (Lipinski definition) is 1. The number of fused-ring (bicyclic) bond motifs is 1. The van der Waals surface area contributed by atoms with Gasteiger partial charge in [-0.05, 0) is 32.3 Å². The average Bonchev–Trinajstić information content (AvgIpc) is 3.32. The van der Waals surface area contributed by atoms with Crippen molar-refractivity contribution < 1.29 is 13.2 Å². The maximum Gasteiger partial charge on any atom is 0.252 e. The molecule has 2 fully saturated rings. The molecule has 1 aliphatic carbocycles. The van der Waals surface area contributed by atoms with E-state index in [9.17, 15) is 13.2 Å². The summed E-state index contributed by atoms with van der Waals surface area (Å²) >= 11 is 0. The van der Waals surface area contributed by atoms with Gasteiger partial charge in [-0.3, -0.25) is 4.79 Å². The molecule has 2 aliphatic rings. The Morgan fingerprint density at radius 3 is 2.81 bits per heavy atom. The molecular weight excluding hydrogens is 352 g/mol. The minimum Gasteiger partial charge on any atom is -0.341 e. The number of carbonyl (C=O) groups excluding carboxylic acids is 1. The van der Waals surface area contributed by atoms with E-state index in [0.717, 1.165) is 18.5 Å². The lowest BCUT2D eigenvalue weighted by molar-refractivity contribution is 0.0960. The quantitative estimate of drug-likeness (QED) is 0.818. The van der Waals surface area contributed by atoms with Crippen LogP contribution in [0.4, 0.5) is 0 Å². The molecule has 26 heavy (non-hydrogen) atoms. The standard InChI is InChI=1S/C18H20N4O3S/c1-3-7-19-18(23)14-9-15(12-4-5-12)20-17-16(14)11(2)21-22(17)13-6-8-26(24,25)10-13/h1,9,12-13H,4-8,10H2,2H3,(H,19,23)/t13-/m1/s1. The van der Waals surface area contributed by atoms with Crippen LogP contribution in [0.1, 0.15) is 53.0 Å². The molecule has 0 radical (unpaired) electrons. The molecule has 1 N–H and O–H groups in total. The second kappa shape index (κ2) is 6.09. The van der Waals surface area contributed by atoms with Gasteiger partial charge in [0.1, 0.15) is 0 Å². The average molecular weight is 372 g/mol. The van der Waals surface area contributed by atoms with Gasteiger partial charge in [0.25, 0.3) is 5.91 Å². The predicted molar refractivity (Wildman–Crippen MR) is 97.7 cm³/mol. The van der Waals surface area contributed by atoms with Crippen molar-refractivity contribution >= 4 is 26.8 Å². The summed E-state index contributed by atoms with van der Waals surface area (Å²) in [6.07, 6.45) is 7.87. The van der Waals surface area contributed by atoms with Crippen molar-refractivity contribution in [3.63, 3.8) is 0 Å². The van der Waals surface area contributed by atoms with Crippen molar-refractivity contribution in [1.29, 1.82) is 0 Å². The minimum atomic E-state index is -3.05. The van der Waals surface area contributed by atoms with Crippen molar-refractivity contribution in [1.82, 2.24) is 20.1 Å². The van der Waals surface area contributed by atoms with E-state index in [-0.39, 0.29) is 30.0 Å². The van der Waals surface area contributed by atoms with E-state index in [1.165, 1.54) is 0 Å². The Balaban J connectivity index is 1.86. The number of nitrogens with one attached hydrogen (secondary N) is 1. The third-order valence-electron chi connectivity index (χ3n) is 5.00. The van der Waals surface area contributed by atoms with Crippen LogP contribution >= 0.6 is 0 Å². The molecule has 7 nitrogen and oxygen atoms in total. The first-order valence-electron chi connectivity index (χ1n) is 8.71. The highest BCUT2D eigenvalue weighted by atomic mass is 32.2. The van der Waals surface area contributed by atoms with Crippen molar-refractivity contribution in [2.45, 2.75) is 38.1 Å². The lowest BCUT2D eigenvalue weighted by Gasteiger charge is -2.11. The highest BCUT2D eigenvalue weighted by Crippen LogP contribution is 2.41. The number of aromatic nitrogens is 3. The summed E-state index contributed by atoms with van der Waals surface area (Å²) in [5.74, 6) is 2.74. The minimum absolute atomic E-state index is 0.0666. The number of aryl methyl sites for hydroxylation is 1. The molecule has 4 rings (SSSR count). The van der Waals surface area contributed by atoms with Crippen molar-refractivity contribution in [2.75, 3.05) is 18.1 Å². The van der Waals surface area contributed by atoms with E-state index in [2.05, 4.69) is 16.3 Å². The maximum atomic E-state index is 12.6. The van der Waals surface area contributed by atoms with Crippen molar-refractivity contribution in [3.8, 4) is 12.3 Å². The fourth-order valence-electron chi connectivity index (χ4n) is 3.55. The zero-order valence-corrected chi connectivity index (χ0v) is 15.3. The molecule has 2 aromatic heterocycles. The molecule has 8 heteroatoms. The molecule has 1 saturated carbocycles. The summed E-state index contributed by atoms with van der Waals surface area (Å²) in [6, 6.07) is 1.59.